The van der Waals surface area contributed by atoms with Gasteiger partial charge in [0.15, 0.2) is 0 Å². The van der Waals surface area contributed by atoms with Crippen LogP contribution in [0.5, 0.6) is 0 Å². The molecule has 0 radical (unpaired) electrons. The summed E-state index contributed by atoms with van der Waals surface area (Å²) in [4.78, 5) is 4.48. The highest BCUT2D eigenvalue weighted by Crippen LogP contribution is 2.37. The summed E-state index contributed by atoms with van der Waals surface area (Å²) in [7, 11) is 0. The highest BCUT2D eigenvalue weighted by molar-refractivity contribution is 5.31. The van der Waals surface area contributed by atoms with E-state index in [0.29, 0.717) is 12.6 Å². The van der Waals surface area contributed by atoms with Crippen LogP contribution in [0.1, 0.15) is 43.3 Å². The van der Waals surface area contributed by atoms with E-state index in [1.165, 1.54) is 11.1 Å². The maximum absolute atomic E-state index is 6.18. The molecule has 4 heteroatoms. The zero-order valence-corrected chi connectivity index (χ0v) is 12.9. The monoisotopic (exact) mass is 284 g/mol. The molecule has 1 aliphatic rings. The molecule has 1 heterocycles. The second-order valence-corrected chi connectivity index (χ2v) is 6.54. The molecular weight excluding hydrogens is 260 g/mol. The highest BCUT2D eigenvalue weighted by atomic mass is 15.3. The van der Waals surface area contributed by atoms with Gasteiger partial charge in [-0.05, 0) is 56.2 Å². The minimum Gasteiger partial charge on any atom is -0.330 e. The first-order valence-corrected chi connectivity index (χ1v) is 7.79. The SMILES string of the molecule is CC(C)n1ncnc1CC1(CN)CCc2ccccc2C1. The van der Waals surface area contributed by atoms with Gasteiger partial charge in [0.2, 0.25) is 0 Å². The maximum Gasteiger partial charge on any atom is 0.138 e. The standard InChI is InChI=1S/C17H24N4/c1-13(2)21-16(19-12-20-21)10-17(11-18)8-7-14-5-3-4-6-15(14)9-17/h3-6,12-13H,7-11,18H2,1-2H3. The van der Waals surface area contributed by atoms with E-state index in [-0.39, 0.29) is 5.41 Å². The first-order chi connectivity index (χ1) is 10.1. The second-order valence-electron chi connectivity index (χ2n) is 6.54. The summed E-state index contributed by atoms with van der Waals surface area (Å²) in [5.74, 6) is 1.06. The van der Waals surface area contributed by atoms with Crippen LogP contribution in [0.4, 0.5) is 0 Å². The number of nitrogens with zero attached hydrogens (tertiary/aromatic N) is 3. The van der Waals surface area contributed by atoms with E-state index in [1.54, 1.807) is 6.33 Å². The summed E-state index contributed by atoms with van der Waals surface area (Å²) >= 11 is 0. The van der Waals surface area contributed by atoms with Crippen molar-refractivity contribution in [2.45, 2.75) is 45.6 Å². The average molecular weight is 284 g/mol. The van der Waals surface area contributed by atoms with Crippen LogP contribution in [0.2, 0.25) is 0 Å². The summed E-state index contributed by atoms with van der Waals surface area (Å²) in [6, 6.07) is 9.08. The van der Waals surface area contributed by atoms with Crippen LogP contribution in [0, 0.1) is 5.41 Å². The van der Waals surface area contributed by atoms with Crippen molar-refractivity contribution in [1.29, 1.82) is 0 Å². The average Bonchev–Trinajstić information content (AvgIpc) is 2.95. The summed E-state index contributed by atoms with van der Waals surface area (Å²) in [6.07, 6.45) is 5.87. The van der Waals surface area contributed by atoms with Crippen molar-refractivity contribution in [1.82, 2.24) is 14.8 Å². The quantitative estimate of drug-likeness (QED) is 0.938. The Morgan fingerprint density at radius 1 is 1.29 bits per heavy atom. The lowest BCUT2D eigenvalue weighted by atomic mass is 9.69. The van der Waals surface area contributed by atoms with Crippen molar-refractivity contribution in [3.8, 4) is 0 Å². The number of hydrogen-bond acceptors (Lipinski definition) is 3. The molecule has 0 fully saturated rings. The van der Waals surface area contributed by atoms with Crippen molar-refractivity contribution in [2.24, 2.45) is 11.1 Å². The number of rotatable bonds is 4. The third-order valence-corrected chi connectivity index (χ3v) is 4.71. The second kappa shape index (κ2) is 5.60. The third-order valence-electron chi connectivity index (χ3n) is 4.71. The molecule has 1 aliphatic carbocycles. The third kappa shape index (κ3) is 2.72. The van der Waals surface area contributed by atoms with E-state index >= 15 is 0 Å². The molecule has 1 aromatic heterocycles. The number of aromatic nitrogens is 3. The Kier molecular flexibility index (Phi) is 3.81. The van der Waals surface area contributed by atoms with Crippen molar-refractivity contribution in [3.63, 3.8) is 0 Å². The fourth-order valence-corrected chi connectivity index (χ4v) is 3.43. The lowest BCUT2D eigenvalue weighted by Crippen LogP contribution is -2.39. The summed E-state index contributed by atoms with van der Waals surface area (Å²) in [5, 5.41) is 4.36. The minimum atomic E-state index is 0.119. The van der Waals surface area contributed by atoms with Gasteiger partial charge in [0.1, 0.15) is 12.2 Å². The molecule has 0 saturated carbocycles. The first kappa shape index (κ1) is 14.3. The molecule has 0 amide bonds. The summed E-state index contributed by atoms with van der Waals surface area (Å²) in [6.45, 7) is 4.99. The van der Waals surface area contributed by atoms with Crippen molar-refractivity contribution in [2.75, 3.05) is 6.54 Å². The van der Waals surface area contributed by atoms with Crippen LogP contribution in [-0.4, -0.2) is 21.3 Å². The van der Waals surface area contributed by atoms with E-state index in [9.17, 15) is 0 Å². The summed E-state index contributed by atoms with van der Waals surface area (Å²) in [5.41, 5.74) is 9.23. The molecular formula is C17H24N4. The zero-order valence-electron chi connectivity index (χ0n) is 12.9. The van der Waals surface area contributed by atoms with Gasteiger partial charge >= 0.3 is 0 Å². The van der Waals surface area contributed by atoms with Crippen molar-refractivity contribution < 1.29 is 0 Å². The lowest BCUT2D eigenvalue weighted by Gasteiger charge is -2.37. The van der Waals surface area contributed by atoms with Crippen molar-refractivity contribution >= 4 is 0 Å². The highest BCUT2D eigenvalue weighted by Gasteiger charge is 2.34. The van der Waals surface area contributed by atoms with Gasteiger partial charge in [-0.2, -0.15) is 5.10 Å². The van der Waals surface area contributed by atoms with Gasteiger partial charge < -0.3 is 5.73 Å². The van der Waals surface area contributed by atoms with Crippen LogP contribution < -0.4 is 5.73 Å². The Hall–Kier alpha value is -1.68. The predicted octanol–water partition coefficient (Wildman–Crippen LogP) is 2.54. The minimum absolute atomic E-state index is 0.119. The Labute approximate surface area is 126 Å². The van der Waals surface area contributed by atoms with Gasteiger partial charge in [-0.25, -0.2) is 9.67 Å². The topological polar surface area (TPSA) is 56.7 Å². The van der Waals surface area contributed by atoms with Gasteiger partial charge in [-0.15, -0.1) is 0 Å². The Balaban J connectivity index is 1.87. The lowest BCUT2D eigenvalue weighted by molar-refractivity contribution is 0.243. The zero-order chi connectivity index (χ0) is 14.9. The van der Waals surface area contributed by atoms with Gasteiger partial charge in [0.25, 0.3) is 0 Å². The molecule has 4 nitrogen and oxygen atoms in total. The molecule has 2 aromatic rings. The van der Waals surface area contributed by atoms with Gasteiger partial charge in [-0.3, -0.25) is 0 Å². The number of fused-ring (bicyclic) bond motifs is 1. The molecule has 1 unspecified atom stereocenters. The number of hydrogen-bond donors (Lipinski definition) is 1. The van der Waals surface area contributed by atoms with Crippen LogP contribution in [0.25, 0.3) is 0 Å². The summed E-state index contributed by atoms with van der Waals surface area (Å²) < 4.78 is 2.03. The number of nitrogens with two attached hydrogens (primary N) is 1. The maximum atomic E-state index is 6.18. The molecule has 112 valence electrons. The van der Waals surface area contributed by atoms with E-state index in [0.717, 1.165) is 31.5 Å². The molecule has 1 aromatic carbocycles. The van der Waals surface area contributed by atoms with Gasteiger partial charge in [0, 0.05) is 12.5 Å². The van der Waals surface area contributed by atoms with E-state index < -0.39 is 0 Å². The Morgan fingerprint density at radius 2 is 2.05 bits per heavy atom. The molecule has 21 heavy (non-hydrogen) atoms. The number of benzene rings is 1. The molecule has 0 aliphatic heterocycles. The van der Waals surface area contributed by atoms with Crippen molar-refractivity contribution in [3.05, 3.63) is 47.5 Å². The number of aryl methyl sites for hydroxylation is 1. The fourth-order valence-electron chi connectivity index (χ4n) is 3.43. The molecule has 1 atom stereocenters. The van der Waals surface area contributed by atoms with Crippen LogP contribution in [0.3, 0.4) is 0 Å². The normalized spacial score (nSPS) is 21.5. The Bertz CT molecular complexity index is 617. The van der Waals surface area contributed by atoms with E-state index in [4.69, 9.17) is 5.73 Å². The Morgan fingerprint density at radius 3 is 2.76 bits per heavy atom. The predicted molar refractivity (Wildman–Crippen MR) is 84.1 cm³/mol. The fraction of sp³-hybridized carbons (Fsp3) is 0.529. The molecule has 0 spiro atoms. The molecule has 3 rings (SSSR count). The van der Waals surface area contributed by atoms with Crippen LogP contribution in [-0.2, 0) is 19.3 Å². The van der Waals surface area contributed by atoms with Gasteiger partial charge in [-0.1, -0.05) is 24.3 Å². The van der Waals surface area contributed by atoms with Gasteiger partial charge in [0.05, 0.1) is 0 Å². The van der Waals surface area contributed by atoms with Crippen LogP contribution >= 0.6 is 0 Å². The smallest absolute Gasteiger partial charge is 0.138 e. The molecule has 0 bridgehead atoms. The largest absolute Gasteiger partial charge is 0.330 e. The first-order valence-electron chi connectivity index (χ1n) is 7.79. The van der Waals surface area contributed by atoms with Crippen LogP contribution in [0.15, 0.2) is 30.6 Å². The van der Waals surface area contributed by atoms with E-state index in [1.807, 2.05) is 4.68 Å². The van der Waals surface area contributed by atoms with E-state index in [2.05, 4.69) is 48.2 Å². The molecule has 0 saturated heterocycles. The molecule has 2 N–H and O–H groups in total.